The molecule has 2 atom stereocenters. The molecular formula is C32H42N8O4. The Morgan fingerprint density at radius 2 is 1.82 bits per heavy atom. The Kier molecular flexibility index (Phi) is 10.4. The zero-order valence-electron chi connectivity index (χ0n) is 26.3. The van der Waals surface area contributed by atoms with Gasteiger partial charge in [-0.25, -0.2) is 9.97 Å². The quantitative estimate of drug-likeness (QED) is 0.214. The van der Waals surface area contributed by atoms with E-state index in [1.54, 1.807) is 44.2 Å². The highest BCUT2D eigenvalue weighted by Gasteiger charge is 2.25. The molecule has 4 rings (SSSR count). The van der Waals surface area contributed by atoms with Crippen molar-refractivity contribution >= 4 is 34.4 Å². The molecule has 0 aliphatic rings. The molecule has 234 valence electrons. The van der Waals surface area contributed by atoms with Crippen LogP contribution >= 0.6 is 0 Å². The second kappa shape index (κ2) is 14.2. The first-order valence-electron chi connectivity index (χ1n) is 14.9. The van der Waals surface area contributed by atoms with E-state index in [0.29, 0.717) is 24.6 Å². The summed E-state index contributed by atoms with van der Waals surface area (Å²) in [7, 11) is 5.09. The van der Waals surface area contributed by atoms with E-state index in [-0.39, 0.29) is 36.3 Å². The van der Waals surface area contributed by atoms with Gasteiger partial charge in [-0.05, 0) is 48.9 Å². The maximum Gasteiger partial charge on any atom is 0.287 e. The average Bonchev–Trinajstić information content (AvgIpc) is 3.59. The van der Waals surface area contributed by atoms with Gasteiger partial charge < -0.3 is 29.7 Å². The molecule has 44 heavy (non-hydrogen) atoms. The van der Waals surface area contributed by atoms with Crippen molar-refractivity contribution in [3.05, 3.63) is 76.5 Å². The van der Waals surface area contributed by atoms with Crippen LogP contribution in [0.2, 0.25) is 0 Å². The minimum Gasteiger partial charge on any atom is -0.349 e. The molecule has 1 aromatic carbocycles. The van der Waals surface area contributed by atoms with Gasteiger partial charge in [0.05, 0.1) is 17.6 Å². The minimum absolute atomic E-state index is 0.00603. The molecule has 12 heteroatoms. The fourth-order valence-electron chi connectivity index (χ4n) is 5.23. The van der Waals surface area contributed by atoms with Gasteiger partial charge >= 0.3 is 0 Å². The van der Waals surface area contributed by atoms with Gasteiger partial charge in [0, 0.05) is 45.7 Å². The van der Waals surface area contributed by atoms with Crippen LogP contribution in [0.3, 0.4) is 0 Å². The number of aryl methyl sites for hydroxylation is 1. The minimum atomic E-state index is -0.955. The van der Waals surface area contributed by atoms with E-state index in [1.807, 2.05) is 19.1 Å². The van der Waals surface area contributed by atoms with Crippen molar-refractivity contribution < 1.29 is 14.4 Å². The zero-order valence-corrected chi connectivity index (χ0v) is 26.3. The summed E-state index contributed by atoms with van der Waals surface area (Å²) < 4.78 is 3.04. The first kappa shape index (κ1) is 32.2. The Morgan fingerprint density at radius 1 is 1.05 bits per heavy atom. The van der Waals surface area contributed by atoms with Crippen LogP contribution in [-0.4, -0.2) is 66.8 Å². The van der Waals surface area contributed by atoms with E-state index in [4.69, 9.17) is 4.98 Å². The monoisotopic (exact) mass is 602 g/mol. The summed E-state index contributed by atoms with van der Waals surface area (Å²) in [5, 5.41) is 5.48. The Hall–Kier alpha value is -4.74. The molecule has 12 nitrogen and oxygen atoms in total. The van der Waals surface area contributed by atoms with E-state index in [2.05, 4.69) is 40.5 Å². The van der Waals surface area contributed by atoms with E-state index in [9.17, 15) is 19.2 Å². The highest BCUT2D eigenvalue weighted by Crippen LogP contribution is 2.20. The van der Waals surface area contributed by atoms with Gasteiger partial charge in [0.1, 0.15) is 17.6 Å². The SMILES string of the molecule is CC(C)Cc1cccc2[nH]c(Cn3cccc(NC(=O)[C@H](CCCC(C)C(=O)N(C)C)NC(=O)c4nccn4C)c3=O)nc12. The number of anilines is 1. The smallest absolute Gasteiger partial charge is 0.287 e. The van der Waals surface area contributed by atoms with Crippen molar-refractivity contribution in [2.24, 2.45) is 18.9 Å². The number of nitrogens with zero attached hydrogens (tertiary/aromatic N) is 5. The summed E-state index contributed by atoms with van der Waals surface area (Å²) in [4.78, 5) is 65.9. The zero-order chi connectivity index (χ0) is 32.0. The number of benzene rings is 1. The number of carbonyl (C=O) groups excluding carboxylic acids is 3. The average molecular weight is 603 g/mol. The molecule has 3 amide bonds. The molecule has 4 aromatic rings. The molecule has 1 unspecified atom stereocenters. The highest BCUT2D eigenvalue weighted by atomic mass is 16.2. The van der Waals surface area contributed by atoms with E-state index in [0.717, 1.165) is 23.0 Å². The number of hydrogen-bond donors (Lipinski definition) is 3. The number of rotatable bonds is 13. The Morgan fingerprint density at radius 3 is 2.50 bits per heavy atom. The lowest BCUT2D eigenvalue weighted by atomic mass is 10.00. The predicted octanol–water partition coefficient (Wildman–Crippen LogP) is 3.34. The van der Waals surface area contributed by atoms with Gasteiger partial charge in [-0.1, -0.05) is 39.3 Å². The second-order valence-corrected chi connectivity index (χ2v) is 11.9. The van der Waals surface area contributed by atoms with Crippen LogP contribution in [0.25, 0.3) is 11.0 Å². The van der Waals surface area contributed by atoms with Gasteiger partial charge in [0.2, 0.25) is 11.8 Å². The lowest BCUT2D eigenvalue weighted by Crippen LogP contribution is -2.45. The van der Waals surface area contributed by atoms with Crippen LogP contribution < -0.4 is 16.2 Å². The number of imidazole rings is 2. The molecular weight excluding hydrogens is 560 g/mol. The van der Waals surface area contributed by atoms with Gasteiger partial charge in [-0.2, -0.15) is 0 Å². The van der Waals surface area contributed by atoms with Crippen molar-refractivity contribution in [1.82, 2.24) is 34.3 Å². The van der Waals surface area contributed by atoms with E-state index in [1.165, 1.54) is 21.7 Å². The van der Waals surface area contributed by atoms with Gasteiger partial charge in [0.25, 0.3) is 11.5 Å². The summed E-state index contributed by atoms with van der Waals surface area (Å²) in [6.45, 7) is 6.35. The number of fused-ring (bicyclic) bond motifs is 1. The van der Waals surface area contributed by atoms with E-state index >= 15 is 0 Å². The molecule has 0 radical (unpaired) electrons. The largest absolute Gasteiger partial charge is 0.349 e. The second-order valence-electron chi connectivity index (χ2n) is 11.9. The summed E-state index contributed by atoms with van der Waals surface area (Å²) >= 11 is 0. The number of amides is 3. The van der Waals surface area contributed by atoms with Crippen LogP contribution in [0.1, 0.15) is 62.0 Å². The third-order valence-electron chi connectivity index (χ3n) is 7.51. The molecule has 0 aliphatic carbocycles. The maximum atomic E-state index is 13.5. The van der Waals surface area contributed by atoms with Gasteiger partial charge in [0.15, 0.2) is 5.82 Å². The molecule has 3 aromatic heterocycles. The number of nitrogens with one attached hydrogen (secondary N) is 3. The highest BCUT2D eigenvalue weighted by molar-refractivity contribution is 5.99. The summed E-state index contributed by atoms with van der Waals surface area (Å²) in [6.07, 6.45) is 6.98. The molecule has 0 fully saturated rings. The van der Waals surface area contributed by atoms with Crippen LogP contribution in [0.15, 0.2) is 53.7 Å². The van der Waals surface area contributed by atoms with Crippen molar-refractivity contribution in [3.8, 4) is 0 Å². The summed E-state index contributed by atoms with van der Waals surface area (Å²) in [5.41, 5.74) is 2.63. The Labute approximate surface area is 256 Å². The Bertz CT molecular complexity index is 1680. The number of hydrogen-bond acceptors (Lipinski definition) is 6. The molecule has 0 bridgehead atoms. The number of aromatic amines is 1. The van der Waals surface area contributed by atoms with Crippen molar-refractivity contribution in [1.29, 1.82) is 0 Å². The van der Waals surface area contributed by atoms with Crippen LogP contribution in [0, 0.1) is 11.8 Å². The lowest BCUT2D eigenvalue weighted by Gasteiger charge is -2.20. The van der Waals surface area contributed by atoms with Gasteiger partial charge in [-0.15, -0.1) is 0 Å². The number of carbonyl (C=O) groups is 3. The predicted molar refractivity (Wildman–Crippen MR) is 169 cm³/mol. The first-order valence-corrected chi connectivity index (χ1v) is 14.9. The molecule has 0 saturated carbocycles. The van der Waals surface area contributed by atoms with Crippen LogP contribution in [0.4, 0.5) is 5.69 Å². The van der Waals surface area contributed by atoms with Crippen molar-refractivity contribution in [3.63, 3.8) is 0 Å². The molecule has 0 saturated heterocycles. The molecule has 3 N–H and O–H groups in total. The molecule has 0 aliphatic heterocycles. The number of para-hydroxylation sites is 1. The Balaban J connectivity index is 1.51. The topological polar surface area (TPSA) is 147 Å². The standard InChI is InChI=1S/C32H42N8O4/c1-20(2)18-22-11-8-12-23-27(22)37-26(34-23)19-40-16-9-14-25(32(40)44)36-29(41)24(13-7-10-21(3)31(43)38(4)5)35-30(42)28-33-15-17-39(28)6/h8-9,11-12,14-17,20-21,24H,7,10,13,18-19H2,1-6H3,(H,34,37)(H,35,42)(H,36,41)/t21?,24-/m0/s1. The van der Waals surface area contributed by atoms with Gasteiger partial charge in [-0.3, -0.25) is 19.2 Å². The molecule has 3 heterocycles. The fourth-order valence-corrected chi connectivity index (χ4v) is 5.23. The fraction of sp³-hybridized carbons (Fsp3) is 0.438. The first-order chi connectivity index (χ1) is 20.9. The third-order valence-corrected chi connectivity index (χ3v) is 7.51. The molecule has 0 spiro atoms. The summed E-state index contributed by atoms with van der Waals surface area (Å²) in [5.74, 6) is -0.0245. The van der Waals surface area contributed by atoms with Crippen LogP contribution in [-0.2, 0) is 29.6 Å². The van der Waals surface area contributed by atoms with Crippen LogP contribution in [0.5, 0.6) is 0 Å². The number of pyridine rings is 1. The third kappa shape index (κ3) is 7.80. The number of aromatic nitrogens is 5. The van der Waals surface area contributed by atoms with E-state index < -0.39 is 23.4 Å². The maximum absolute atomic E-state index is 13.5. The summed E-state index contributed by atoms with van der Waals surface area (Å²) in [6, 6.07) is 8.29. The van der Waals surface area contributed by atoms with Crippen molar-refractivity contribution in [2.45, 2.75) is 59.0 Å². The van der Waals surface area contributed by atoms with Crippen molar-refractivity contribution in [2.75, 3.05) is 19.4 Å². The lowest BCUT2D eigenvalue weighted by molar-refractivity contribution is -0.132. The normalized spacial score (nSPS) is 12.7. The number of H-pyrrole nitrogens is 1.